The molecule has 0 aliphatic carbocycles. The summed E-state index contributed by atoms with van der Waals surface area (Å²) >= 11 is 0. The number of carbonyl (C=O) groups excluding carboxylic acids is 1. The van der Waals surface area contributed by atoms with Crippen LogP contribution in [0.5, 0.6) is 0 Å². The third kappa shape index (κ3) is 3.63. The van der Waals surface area contributed by atoms with Gasteiger partial charge in [0, 0.05) is 24.7 Å². The average molecular weight is 290 g/mol. The fourth-order valence-electron chi connectivity index (χ4n) is 3.19. The van der Waals surface area contributed by atoms with Crippen molar-refractivity contribution in [2.24, 2.45) is 5.92 Å². The van der Waals surface area contributed by atoms with Crippen LogP contribution in [0.2, 0.25) is 0 Å². The summed E-state index contributed by atoms with van der Waals surface area (Å²) in [6, 6.07) is 7.70. The molecule has 0 spiro atoms. The zero-order chi connectivity index (χ0) is 15.4. The molecule has 0 bridgehead atoms. The molecule has 2 atom stereocenters. The molecule has 1 aliphatic rings. The zero-order valence-electron chi connectivity index (χ0n) is 13.2. The lowest BCUT2D eigenvalue weighted by molar-refractivity contribution is 0.0780. The van der Waals surface area contributed by atoms with E-state index in [4.69, 9.17) is 5.11 Å². The normalized spacial score (nSPS) is 22.0. The molecular formula is C17H26N2O2. The van der Waals surface area contributed by atoms with Crippen molar-refractivity contribution in [2.45, 2.75) is 32.4 Å². The van der Waals surface area contributed by atoms with Crippen molar-refractivity contribution in [2.75, 3.05) is 27.2 Å². The van der Waals surface area contributed by atoms with E-state index in [1.54, 1.807) is 0 Å². The molecule has 1 aliphatic heterocycles. The molecular weight excluding hydrogens is 264 g/mol. The second-order valence-electron chi connectivity index (χ2n) is 6.14. The topological polar surface area (TPSA) is 43.8 Å². The summed E-state index contributed by atoms with van der Waals surface area (Å²) in [5.41, 5.74) is 1.55. The van der Waals surface area contributed by atoms with Crippen LogP contribution < -0.4 is 0 Å². The van der Waals surface area contributed by atoms with Gasteiger partial charge in [-0.1, -0.05) is 25.5 Å². The Hall–Kier alpha value is -1.39. The molecule has 0 aromatic heterocycles. The highest BCUT2D eigenvalue weighted by molar-refractivity contribution is 5.94. The van der Waals surface area contributed by atoms with Crippen LogP contribution in [-0.4, -0.2) is 54.0 Å². The van der Waals surface area contributed by atoms with Crippen molar-refractivity contribution < 1.29 is 9.90 Å². The Balaban J connectivity index is 2.08. The van der Waals surface area contributed by atoms with Gasteiger partial charge in [0.25, 0.3) is 5.91 Å². The summed E-state index contributed by atoms with van der Waals surface area (Å²) in [5, 5.41) is 9.07. The summed E-state index contributed by atoms with van der Waals surface area (Å²) in [6.07, 6.45) is 2.32. The Labute approximate surface area is 127 Å². The van der Waals surface area contributed by atoms with E-state index >= 15 is 0 Å². The van der Waals surface area contributed by atoms with E-state index in [1.807, 2.05) is 29.2 Å². The van der Waals surface area contributed by atoms with Crippen molar-refractivity contribution >= 4 is 5.91 Å². The number of aliphatic hydroxyl groups excluding tert-OH is 1. The number of aliphatic hydroxyl groups is 1. The molecule has 116 valence electrons. The Bertz CT molecular complexity index is 470. The van der Waals surface area contributed by atoms with Crippen molar-refractivity contribution in [3.05, 3.63) is 35.4 Å². The van der Waals surface area contributed by atoms with Gasteiger partial charge in [0.05, 0.1) is 6.61 Å². The zero-order valence-corrected chi connectivity index (χ0v) is 13.2. The summed E-state index contributed by atoms with van der Waals surface area (Å²) in [6.45, 7) is 3.86. The van der Waals surface area contributed by atoms with Gasteiger partial charge in [-0.25, -0.2) is 0 Å². The first-order chi connectivity index (χ1) is 10.1. The van der Waals surface area contributed by atoms with E-state index < -0.39 is 0 Å². The van der Waals surface area contributed by atoms with Crippen LogP contribution in [0, 0.1) is 5.92 Å². The molecule has 1 N–H and O–H groups in total. The van der Waals surface area contributed by atoms with Crippen molar-refractivity contribution in [1.29, 1.82) is 0 Å². The number of likely N-dealkylation sites (tertiary alicyclic amines) is 1. The van der Waals surface area contributed by atoms with Crippen LogP contribution in [0.25, 0.3) is 0 Å². The number of rotatable bonds is 5. The monoisotopic (exact) mass is 290 g/mol. The predicted octanol–water partition coefficient (Wildman–Crippen LogP) is 1.98. The number of carbonyl (C=O) groups is 1. The van der Waals surface area contributed by atoms with Gasteiger partial charge in [0.2, 0.25) is 0 Å². The average Bonchev–Trinajstić information content (AvgIpc) is 2.91. The van der Waals surface area contributed by atoms with Crippen LogP contribution in [-0.2, 0) is 6.61 Å². The summed E-state index contributed by atoms with van der Waals surface area (Å²) < 4.78 is 0. The van der Waals surface area contributed by atoms with Crippen LogP contribution in [0.3, 0.4) is 0 Å². The van der Waals surface area contributed by atoms with E-state index in [1.165, 1.54) is 0 Å². The Morgan fingerprint density at radius 2 is 1.95 bits per heavy atom. The third-order valence-electron chi connectivity index (χ3n) is 4.40. The number of hydrogen-bond donors (Lipinski definition) is 1. The maximum atomic E-state index is 12.6. The third-order valence-corrected chi connectivity index (χ3v) is 4.40. The molecule has 21 heavy (non-hydrogen) atoms. The number of benzene rings is 1. The van der Waals surface area contributed by atoms with Crippen LogP contribution >= 0.6 is 0 Å². The van der Waals surface area contributed by atoms with Crippen molar-refractivity contribution in [3.8, 4) is 0 Å². The van der Waals surface area contributed by atoms with Gasteiger partial charge in [-0.3, -0.25) is 4.79 Å². The molecule has 1 fully saturated rings. The van der Waals surface area contributed by atoms with Crippen molar-refractivity contribution in [1.82, 2.24) is 9.80 Å². The van der Waals surface area contributed by atoms with Gasteiger partial charge in [-0.2, -0.15) is 0 Å². The Morgan fingerprint density at radius 1 is 1.29 bits per heavy atom. The highest BCUT2D eigenvalue weighted by Gasteiger charge is 2.35. The van der Waals surface area contributed by atoms with Gasteiger partial charge in [-0.05, 0) is 44.1 Å². The van der Waals surface area contributed by atoms with E-state index in [-0.39, 0.29) is 12.5 Å². The quantitative estimate of drug-likeness (QED) is 0.902. The highest BCUT2D eigenvalue weighted by atomic mass is 16.3. The van der Waals surface area contributed by atoms with E-state index in [0.29, 0.717) is 17.5 Å². The lowest BCUT2D eigenvalue weighted by Crippen LogP contribution is -2.36. The van der Waals surface area contributed by atoms with Gasteiger partial charge in [0.1, 0.15) is 0 Å². The molecule has 4 heteroatoms. The molecule has 4 nitrogen and oxygen atoms in total. The molecule has 0 saturated carbocycles. The largest absolute Gasteiger partial charge is 0.392 e. The van der Waals surface area contributed by atoms with E-state index in [9.17, 15) is 4.79 Å². The summed E-state index contributed by atoms with van der Waals surface area (Å²) in [5.74, 6) is 0.663. The summed E-state index contributed by atoms with van der Waals surface area (Å²) in [7, 11) is 4.19. The fourth-order valence-corrected chi connectivity index (χ4v) is 3.19. The number of amides is 1. The summed E-state index contributed by atoms with van der Waals surface area (Å²) in [4.78, 5) is 16.8. The van der Waals surface area contributed by atoms with Crippen LogP contribution in [0.4, 0.5) is 0 Å². The second-order valence-corrected chi connectivity index (χ2v) is 6.14. The van der Waals surface area contributed by atoms with E-state index in [2.05, 4.69) is 25.9 Å². The molecule has 0 unspecified atom stereocenters. The maximum Gasteiger partial charge on any atom is 0.253 e. The Morgan fingerprint density at radius 3 is 2.48 bits per heavy atom. The lowest BCUT2D eigenvalue weighted by Gasteiger charge is -2.24. The van der Waals surface area contributed by atoms with Gasteiger partial charge in [0.15, 0.2) is 0 Å². The molecule has 0 radical (unpaired) electrons. The molecule has 2 rings (SSSR count). The molecule has 1 amide bonds. The minimum absolute atomic E-state index is 0.0134. The number of nitrogens with zero attached hydrogens (tertiary/aromatic N) is 2. The smallest absolute Gasteiger partial charge is 0.253 e. The SMILES string of the molecule is CCC[C@@H]1CN(C(=O)c2ccc(CO)cc2)C[C@H]1N(C)C. The van der Waals surface area contributed by atoms with Crippen molar-refractivity contribution in [3.63, 3.8) is 0 Å². The van der Waals surface area contributed by atoms with Gasteiger partial charge >= 0.3 is 0 Å². The number of likely N-dealkylation sites (N-methyl/N-ethyl adjacent to an activating group) is 1. The van der Waals surface area contributed by atoms with E-state index in [0.717, 1.165) is 31.5 Å². The highest BCUT2D eigenvalue weighted by Crippen LogP contribution is 2.26. The first-order valence-corrected chi connectivity index (χ1v) is 7.72. The minimum Gasteiger partial charge on any atom is -0.392 e. The minimum atomic E-state index is 0.0134. The lowest BCUT2D eigenvalue weighted by atomic mass is 9.98. The Kier molecular flexibility index (Phi) is 5.37. The standard InChI is InChI=1S/C17H26N2O2/c1-4-5-15-10-19(11-16(15)18(2)3)17(21)14-8-6-13(12-20)7-9-14/h6-9,15-16,20H,4-5,10-12H2,1-3H3/t15-,16-/m1/s1. The van der Waals surface area contributed by atoms with Gasteiger partial charge < -0.3 is 14.9 Å². The maximum absolute atomic E-state index is 12.6. The fraction of sp³-hybridized carbons (Fsp3) is 0.588. The molecule has 1 saturated heterocycles. The van der Waals surface area contributed by atoms with Crippen LogP contribution in [0.15, 0.2) is 24.3 Å². The molecule has 1 heterocycles. The first kappa shape index (κ1) is 16.0. The second kappa shape index (κ2) is 7.05. The first-order valence-electron chi connectivity index (χ1n) is 7.72. The molecule has 1 aromatic carbocycles. The van der Waals surface area contributed by atoms with Gasteiger partial charge in [-0.15, -0.1) is 0 Å². The number of hydrogen-bond acceptors (Lipinski definition) is 3. The van der Waals surface area contributed by atoms with Crippen LogP contribution in [0.1, 0.15) is 35.7 Å². The molecule has 1 aromatic rings. The predicted molar refractivity (Wildman–Crippen MR) is 84.1 cm³/mol.